The van der Waals surface area contributed by atoms with Crippen molar-refractivity contribution in [1.82, 2.24) is 0 Å². The van der Waals surface area contributed by atoms with Gasteiger partial charge in [0.15, 0.2) is 0 Å². The maximum atomic E-state index is 11.5. The Morgan fingerprint density at radius 3 is 2.76 bits per heavy atom. The molecule has 0 spiro atoms. The van der Waals surface area contributed by atoms with Gasteiger partial charge >= 0.3 is 5.97 Å². The monoisotopic (exact) mass is 339 g/mol. The highest BCUT2D eigenvalue weighted by Crippen LogP contribution is 2.30. The van der Waals surface area contributed by atoms with E-state index in [4.69, 9.17) is 14.9 Å². The van der Waals surface area contributed by atoms with Crippen LogP contribution < -0.4 is 10.5 Å². The van der Waals surface area contributed by atoms with Crippen LogP contribution in [0, 0.1) is 0 Å². The normalized spacial score (nSPS) is 10.8. The van der Waals surface area contributed by atoms with Gasteiger partial charge in [0.2, 0.25) is 5.76 Å². The largest absolute Gasteiger partial charge is 0.485 e. The Morgan fingerprint density at radius 2 is 1.96 bits per heavy atom. The lowest BCUT2D eigenvalue weighted by molar-refractivity contribution is 0.0561. The number of ether oxygens (including phenoxy) is 2. The molecule has 1 heterocycles. The number of hydrogen-bond donors (Lipinski definition) is 1. The summed E-state index contributed by atoms with van der Waals surface area (Å²) in [7, 11) is 1.32. The van der Waals surface area contributed by atoms with E-state index in [0.29, 0.717) is 12.3 Å². The number of furan rings is 1. The molecule has 5 nitrogen and oxygen atoms in total. The third-order valence-corrected chi connectivity index (χ3v) is 4.05. The van der Waals surface area contributed by atoms with E-state index in [2.05, 4.69) is 16.9 Å². The minimum absolute atomic E-state index is 0.169. The molecule has 130 valence electrons. The number of hydrogen-bond acceptors (Lipinski definition) is 5. The molecule has 25 heavy (non-hydrogen) atoms. The van der Waals surface area contributed by atoms with Gasteiger partial charge in [0, 0.05) is 5.56 Å². The van der Waals surface area contributed by atoms with Crippen molar-refractivity contribution in [3.8, 4) is 5.75 Å². The maximum absolute atomic E-state index is 11.5. The molecule has 0 bridgehead atoms. The second kappa shape index (κ2) is 7.85. The molecule has 0 atom stereocenters. The predicted molar refractivity (Wildman–Crippen MR) is 95.7 cm³/mol. The van der Waals surface area contributed by atoms with Crippen molar-refractivity contribution in [3.05, 3.63) is 65.6 Å². The van der Waals surface area contributed by atoms with Gasteiger partial charge < -0.3 is 19.6 Å². The summed E-state index contributed by atoms with van der Waals surface area (Å²) in [6.45, 7) is 0.869. The van der Waals surface area contributed by atoms with E-state index >= 15 is 0 Å². The number of aryl methyl sites for hydroxylation is 1. The molecular weight excluding hydrogens is 318 g/mol. The maximum Gasteiger partial charge on any atom is 0.373 e. The Kier molecular flexibility index (Phi) is 5.36. The predicted octanol–water partition coefficient (Wildman–Crippen LogP) is 3.69. The van der Waals surface area contributed by atoms with Crippen molar-refractivity contribution >= 4 is 16.7 Å². The first-order valence-electron chi connectivity index (χ1n) is 8.23. The molecule has 2 aromatic carbocycles. The minimum atomic E-state index is -0.499. The van der Waals surface area contributed by atoms with Crippen molar-refractivity contribution in [3.63, 3.8) is 0 Å². The summed E-state index contributed by atoms with van der Waals surface area (Å²) >= 11 is 0. The van der Waals surface area contributed by atoms with Crippen LogP contribution in [0.1, 0.15) is 28.3 Å². The van der Waals surface area contributed by atoms with Crippen LogP contribution >= 0.6 is 0 Å². The van der Waals surface area contributed by atoms with Gasteiger partial charge in [-0.2, -0.15) is 0 Å². The van der Waals surface area contributed by atoms with Crippen LogP contribution in [0.4, 0.5) is 0 Å². The van der Waals surface area contributed by atoms with Gasteiger partial charge in [-0.25, -0.2) is 4.79 Å². The number of carbonyl (C=O) groups excluding carboxylic acids is 1. The smallest absolute Gasteiger partial charge is 0.373 e. The number of carbonyl (C=O) groups is 1. The third kappa shape index (κ3) is 3.83. The van der Waals surface area contributed by atoms with Crippen LogP contribution in [-0.4, -0.2) is 19.6 Å². The summed E-state index contributed by atoms with van der Waals surface area (Å²) < 4.78 is 16.1. The second-order valence-electron chi connectivity index (χ2n) is 5.70. The molecule has 0 unspecified atom stereocenters. The summed E-state index contributed by atoms with van der Waals surface area (Å²) in [6.07, 6.45) is 1.73. The van der Waals surface area contributed by atoms with Gasteiger partial charge in [-0.15, -0.1) is 0 Å². The average molecular weight is 339 g/mol. The Bertz CT molecular complexity index is 869. The Morgan fingerprint density at radius 1 is 1.12 bits per heavy atom. The first kappa shape index (κ1) is 17.0. The highest BCUT2D eigenvalue weighted by Gasteiger charge is 2.13. The molecule has 0 saturated heterocycles. The zero-order valence-corrected chi connectivity index (χ0v) is 14.2. The van der Waals surface area contributed by atoms with Crippen molar-refractivity contribution in [2.24, 2.45) is 5.73 Å². The van der Waals surface area contributed by atoms with Crippen molar-refractivity contribution < 1.29 is 18.7 Å². The minimum Gasteiger partial charge on any atom is -0.485 e. The fraction of sp³-hybridized carbons (Fsp3) is 0.250. The summed E-state index contributed by atoms with van der Waals surface area (Å²) in [5, 5.41) is 2.34. The van der Waals surface area contributed by atoms with Crippen molar-refractivity contribution in [1.29, 1.82) is 0 Å². The first-order valence-corrected chi connectivity index (χ1v) is 8.23. The highest BCUT2D eigenvalue weighted by atomic mass is 16.5. The molecular formula is C20H21NO4. The molecule has 0 saturated carbocycles. The molecule has 1 aromatic heterocycles. The highest BCUT2D eigenvalue weighted by molar-refractivity contribution is 5.88. The van der Waals surface area contributed by atoms with E-state index in [1.54, 1.807) is 12.1 Å². The molecule has 0 aliphatic heterocycles. The van der Waals surface area contributed by atoms with E-state index in [1.165, 1.54) is 17.9 Å². The summed E-state index contributed by atoms with van der Waals surface area (Å²) in [5.74, 6) is 1.05. The lowest BCUT2D eigenvalue weighted by Gasteiger charge is -2.13. The number of methoxy groups -OCH3 is 1. The standard InChI is InChI=1S/C20H21NO4/c1-23-20(22)19-11-9-15(25-19)13-24-18-10-8-14-5-2-3-6-16(14)17(18)7-4-12-21/h2-3,5-6,8-11H,4,7,12-13,21H2,1H3. The first-order chi connectivity index (χ1) is 12.2. The van der Waals surface area contributed by atoms with Crippen LogP contribution in [0.2, 0.25) is 0 Å². The van der Waals surface area contributed by atoms with E-state index in [9.17, 15) is 4.79 Å². The summed E-state index contributed by atoms with van der Waals surface area (Å²) in [6, 6.07) is 15.5. The second-order valence-corrected chi connectivity index (χ2v) is 5.70. The van der Waals surface area contributed by atoms with Crippen molar-refractivity contribution in [2.75, 3.05) is 13.7 Å². The SMILES string of the molecule is COC(=O)c1ccc(COc2ccc3ccccc3c2CCCN)o1. The zero-order valence-electron chi connectivity index (χ0n) is 14.2. The molecule has 0 amide bonds. The molecule has 0 radical (unpaired) electrons. The Labute approximate surface area is 146 Å². The summed E-state index contributed by atoms with van der Waals surface area (Å²) in [4.78, 5) is 11.5. The number of benzene rings is 2. The Hall–Kier alpha value is -2.79. The topological polar surface area (TPSA) is 74.7 Å². The van der Waals surface area contributed by atoms with Gasteiger partial charge in [0.25, 0.3) is 0 Å². The van der Waals surface area contributed by atoms with Gasteiger partial charge in [-0.3, -0.25) is 0 Å². The van der Waals surface area contributed by atoms with E-state index in [0.717, 1.165) is 24.2 Å². The fourth-order valence-corrected chi connectivity index (χ4v) is 2.80. The van der Waals surface area contributed by atoms with Gasteiger partial charge in [-0.1, -0.05) is 30.3 Å². The lowest BCUT2D eigenvalue weighted by atomic mass is 10.00. The molecule has 5 heteroatoms. The van der Waals surface area contributed by atoms with Crippen LogP contribution in [0.25, 0.3) is 10.8 Å². The van der Waals surface area contributed by atoms with E-state index in [1.807, 2.05) is 24.3 Å². The molecule has 0 fully saturated rings. The van der Waals surface area contributed by atoms with Crippen LogP contribution in [0.5, 0.6) is 5.75 Å². The van der Waals surface area contributed by atoms with Crippen LogP contribution in [-0.2, 0) is 17.8 Å². The number of nitrogens with two attached hydrogens (primary N) is 1. The Balaban J connectivity index is 1.82. The van der Waals surface area contributed by atoms with Gasteiger partial charge in [0.05, 0.1) is 7.11 Å². The van der Waals surface area contributed by atoms with Gasteiger partial charge in [0.1, 0.15) is 18.1 Å². The van der Waals surface area contributed by atoms with E-state index < -0.39 is 5.97 Å². The molecule has 3 rings (SSSR count). The zero-order chi connectivity index (χ0) is 17.6. The average Bonchev–Trinajstić information content (AvgIpc) is 3.13. The third-order valence-electron chi connectivity index (χ3n) is 4.05. The molecule has 0 aliphatic rings. The van der Waals surface area contributed by atoms with E-state index in [-0.39, 0.29) is 12.4 Å². The van der Waals surface area contributed by atoms with Crippen LogP contribution in [0.3, 0.4) is 0 Å². The number of fused-ring (bicyclic) bond motifs is 1. The molecule has 0 aliphatic carbocycles. The van der Waals surface area contributed by atoms with Gasteiger partial charge in [-0.05, 0) is 48.4 Å². The molecule has 2 N–H and O–H groups in total. The lowest BCUT2D eigenvalue weighted by Crippen LogP contribution is -2.03. The van der Waals surface area contributed by atoms with Crippen molar-refractivity contribution in [2.45, 2.75) is 19.4 Å². The van der Waals surface area contributed by atoms with Crippen LogP contribution in [0.15, 0.2) is 52.9 Å². The molecule has 3 aromatic rings. The fourth-order valence-electron chi connectivity index (χ4n) is 2.80. The number of rotatable bonds is 7. The quantitative estimate of drug-likeness (QED) is 0.665. The summed E-state index contributed by atoms with van der Waals surface area (Å²) in [5.41, 5.74) is 6.82. The number of esters is 1.